The highest BCUT2D eigenvalue weighted by Crippen LogP contribution is 2.28. The lowest BCUT2D eigenvalue weighted by molar-refractivity contribution is 0.389. The zero-order chi connectivity index (χ0) is 15.8. The summed E-state index contributed by atoms with van der Waals surface area (Å²) in [4.78, 5) is 4.78. The van der Waals surface area contributed by atoms with Crippen molar-refractivity contribution in [2.45, 2.75) is 0 Å². The minimum absolute atomic E-state index is 0.605. The third kappa shape index (κ3) is 2.33. The number of hydrogen-bond donors (Lipinski definition) is 2. The van der Waals surface area contributed by atoms with Crippen molar-refractivity contribution in [2.24, 2.45) is 7.05 Å². The molecule has 0 unspecified atom stereocenters. The molecule has 23 heavy (non-hydrogen) atoms. The molecule has 0 amide bonds. The van der Waals surface area contributed by atoms with Gasteiger partial charge in [-0.05, 0) is 18.2 Å². The molecule has 0 aliphatic heterocycles. The van der Waals surface area contributed by atoms with Crippen molar-refractivity contribution < 1.29 is 5.21 Å². The lowest BCUT2D eigenvalue weighted by atomic mass is 10.1. The topological polar surface area (TPSA) is 80.3 Å². The average molecular weight is 306 g/mol. The van der Waals surface area contributed by atoms with E-state index >= 15 is 0 Å². The number of anilines is 1. The fourth-order valence-corrected chi connectivity index (χ4v) is 2.57. The molecule has 0 fully saturated rings. The van der Waals surface area contributed by atoms with Crippen molar-refractivity contribution >= 4 is 11.2 Å². The Bertz CT molecular complexity index is 987. The summed E-state index contributed by atoms with van der Waals surface area (Å²) in [6.07, 6.45) is 7.30. The van der Waals surface area contributed by atoms with Crippen molar-refractivity contribution in [1.29, 1.82) is 0 Å². The minimum atomic E-state index is 0.605. The highest BCUT2D eigenvalue weighted by molar-refractivity contribution is 5.80. The van der Waals surface area contributed by atoms with E-state index in [0.29, 0.717) is 5.69 Å². The number of rotatable bonds is 3. The van der Waals surface area contributed by atoms with Crippen LogP contribution in [-0.4, -0.2) is 29.6 Å². The summed E-state index contributed by atoms with van der Waals surface area (Å²) in [7, 11) is 1.87. The summed E-state index contributed by atoms with van der Waals surface area (Å²) in [5, 5.41) is 17.6. The molecule has 0 radical (unpaired) electrons. The van der Waals surface area contributed by atoms with Crippen LogP contribution in [0.4, 0.5) is 5.69 Å². The highest BCUT2D eigenvalue weighted by atomic mass is 16.5. The second-order valence-corrected chi connectivity index (χ2v) is 5.23. The van der Waals surface area contributed by atoms with E-state index in [1.807, 2.05) is 43.7 Å². The smallest absolute Gasteiger partial charge is 0.0968 e. The number of fused-ring (bicyclic) bond motifs is 1. The van der Waals surface area contributed by atoms with Gasteiger partial charge in [0, 0.05) is 24.4 Å². The molecule has 2 N–H and O–H groups in total. The zero-order valence-corrected chi connectivity index (χ0v) is 12.4. The fraction of sp³-hybridized carbons (Fsp3) is 0.0625. The fourth-order valence-electron chi connectivity index (χ4n) is 2.57. The van der Waals surface area contributed by atoms with Crippen LogP contribution in [0.15, 0.2) is 55.1 Å². The number of aromatic nitrogens is 5. The first-order valence-electron chi connectivity index (χ1n) is 7.08. The van der Waals surface area contributed by atoms with Crippen molar-refractivity contribution in [3.05, 3.63) is 55.1 Å². The van der Waals surface area contributed by atoms with Crippen LogP contribution < -0.4 is 5.48 Å². The monoisotopic (exact) mass is 306 g/mol. The van der Waals surface area contributed by atoms with Crippen LogP contribution in [0.25, 0.3) is 28.0 Å². The Morgan fingerprint density at radius 1 is 1.09 bits per heavy atom. The molecule has 1 aromatic carbocycles. The Morgan fingerprint density at radius 2 is 2.00 bits per heavy atom. The maximum Gasteiger partial charge on any atom is 0.0968 e. The average Bonchev–Trinajstić information content (AvgIpc) is 3.22. The molecule has 4 aromatic rings. The van der Waals surface area contributed by atoms with Gasteiger partial charge in [-0.15, -0.1) is 0 Å². The van der Waals surface area contributed by atoms with Crippen LogP contribution >= 0.6 is 0 Å². The van der Waals surface area contributed by atoms with E-state index in [-0.39, 0.29) is 0 Å². The first kappa shape index (κ1) is 13.5. The summed E-state index contributed by atoms with van der Waals surface area (Å²) >= 11 is 0. The van der Waals surface area contributed by atoms with Crippen molar-refractivity contribution in [3.8, 4) is 22.5 Å². The summed E-state index contributed by atoms with van der Waals surface area (Å²) in [6.45, 7) is 0. The van der Waals surface area contributed by atoms with Crippen molar-refractivity contribution in [2.75, 3.05) is 5.48 Å². The zero-order valence-electron chi connectivity index (χ0n) is 12.4. The molecular weight excluding hydrogens is 292 g/mol. The van der Waals surface area contributed by atoms with Gasteiger partial charge >= 0.3 is 0 Å². The largest absolute Gasteiger partial charge is 0.291 e. The van der Waals surface area contributed by atoms with E-state index in [2.05, 4.69) is 15.7 Å². The molecule has 3 aromatic heterocycles. The number of hydrogen-bond acceptors (Lipinski definition) is 5. The van der Waals surface area contributed by atoms with Gasteiger partial charge in [-0.3, -0.25) is 15.4 Å². The lowest BCUT2D eigenvalue weighted by Crippen LogP contribution is -1.97. The molecule has 4 rings (SSSR count). The Balaban J connectivity index is 1.95. The molecule has 0 atom stereocenters. The Labute approximate surface area is 131 Å². The predicted octanol–water partition coefficient (Wildman–Crippen LogP) is 2.60. The Hall–Kier alpha value is -3.19. The summed E-state index contributed by atoms with van der Waals surface area (Å²) in [6, 6.07) is 9.33. The van der Waals surface area contributed by atoms with Gasteiger partial charge in [-0.25, -0.2) is 9.50 Å². The molecule has 7 nitrogen and oxygen atoms in total. The van der Waals surface area contributed by atoms with Crippen LogP contribution in [0.2, 0.25) is 0 Å². The van der Waals surface area contributed by atoms with Gasteiger partial charge in [0.25, 0.3) is 0 Å². The number of aryl methyl sites for hydroxylation is 1. The summed E-state index contributed by atoms with van der Waals surface area (Å²) in [5.74, 6) is 0. The molecule has 0 spiro atoms. The first-order chi connectivity index (χ1) is 11.2. The summed E-state index contributed by atoms with van der Waals surface area (Å²) in [5.41, 5.74) is 7.05. The van der Waals surface area contributed by atoms with Crippen LogP contribution in [0, 0.1) is 0 Å². The highest BCUT2D eigenvalue weighted by Gasteiger charge is 2.12. The van der Waals surface area contributed by atoms with Gasteiger partial charge < -0.3 is 0 Å². The molecule has 7 heteroatoms. The van der Waals surface area contributed by atoms with Crippen molar-refractivity contribution in [3.63, 3.8) is 0 Å². The number of nitrogens with zero attached hydrogens (tertiary/aromatic N) is 5. The molecule has 0 aliphatic rings. The molecule has 0 saturated heterocycles. The van der Waals surface area contributed by atoms with Gasteiger partial charge in [0.2, 0.25) is 0 Å². The Morgan fingerprint density at radius 3 is 2.78 bits per heavy atom. The second-order valence-electron chi connectivity index (χ2n) is 5.23. The molecule has 114 valence electrons. The van der Waals surface area contributed by atoms with E-state index in [4.69, 9.17) is 10.2 Å². The van der Waals surface area contributed by atoms with Crippen LogP contribution in [0.5, 0.6) is 0 Å². The normalized spacial score (nSPS) is 11.0. The number of benzene rings is 1. The van der Waals surface area contributed by atoms with Gasteiger partial charge in [0.05, 0.1) is 41.2 Å². The molecular formula is C16H14N6O. The van der Waals surface area contributed by atoms with E-state index in [0.717, 1.165) is 28.0 Å². The van der Waals surface area contributed by atoms with Crippen molar-refractivity contribution in [1.82, 2.24) is 24.4 Å². The second kappa shape index (κ2) is 5.22. The molecule has 0 bridgehead atoms. The molecule has 0 saturated carbocycles. The minimum Gasteiger partial charge on any atom is -0.291 e. The summed E-state index contributed by atoms with van der Waals surface area (Å²) < 4.78 is 3.53. The SMILES string of the molecule is Cn1cc(-c2cn3nccc3c(-c3cccc(NO)c3)n2)cn1. The first-order valence-corrected chi connectivity index (χ1v) is 7.08. The van der Waals surface area contributed by atoms with Gasteiger partial charge in [0.15, 0.2) is 0 Å². The van der Waals surface area contributed by atoms with Gasteiger partial charge in [-0.1, -0.05) is 12.1 Å². The third-order valence-electron chi connectivity index (χ3n) is 3.66. The van der Waals surface area contributed by atoms with E-state index in [1.54, 1.807) is 27.7 Å². The maximum atomic E-state index is 9.12. The van der Waals surface area contributed by atoms with E-state index in [9.17, 15) is 0 Å². The molecule has 3 heterocycles. The quantitative estimate of drug-likeness (QED) is 0.569. The van der Waals surface area contributed by atoms with Gasteiger partial charge in [0.1, 0.15) is 0 Å². The maximum absolute atomic E-state index is 9.12. The van der Waals surface area contributed by atoms with Gasteiger partial charge in [-0.2, -0.15) is 10.2 Å². The predicted molar refractivity (Wildman–Crippen MR) is 86.0 cm³/mol. The van der Waals surface area contributed by atoms with E-state index in [1.165, 1.54) is 0 Å². The van der Waals surface area contributed by atoms with E-state index < -0.39 is 0 Å². The molecule has 0 aliphatic carbocycles. The third-order valence-corrected chi connectivity index (χ3v) is 3.66. The van der Waals surface area contributed by atoms with Crippen LogP contribution in [0.1, 0.15) is 0 Å². The van der Waals surface area contributed by atoms with Crippen LogP contribution in [-0.2, 0) is 7.05 Å². The number of nitrogens with one attached hydrogen (secondary N) is 1. The lowest BCUT2D eigenvalue weighted by Gasteiger charge is -2.08. The van der Waals surface area contributed by atoms with Crippen LogP contribution in [0.3, 0.4) is 0 Å². The Kier molecular flexibility index (Phi) is 3.06. The standard InChI is InChI=1S/C16H14N6O/c1-21-9-12(8-18-21)14-10-22-15(5-6-17-22)16(19-14)11-3-2-4-13(7-11)20-23/h2-10,20,23H,1H3.